The molecule has 0 saturated heterocycles. The van der Waals surface area contributed by atoms with Crippen LogP contribution in [0.3, 0.4) is 0 Å². The third kappa shape index (κ3) is 5.17. The molecule has 0 bridgehead atoms. The molecule has 0 heterocycles. The predicted molar refractivity (Wildman–Crippen MR) is 38.4 cm³/mol. The van der Waals surface area contributed by atoms with Crippen LogP contribution in [0.15, 0.2) is 11.1 Å². The zero-order valence-electron chi connectivity index (χ0n) is 6.83. The van der Waals surface area contributed by atoms with Gasteiger partial charge in [0.1, 0.15) is 0 Å². The van der Waals surface area contributed by atoms with E-state index in [1.165, 1.54) is 0 Å². The van der Waals surface area contributed by atoms with Crippen molar-refractivity contribution in [3.63, 3.8) is 0 Å². The Kier molecular flexibility index (Phi) is 5.78. The predicted octanol–water partition coefficient (Wildman–Crippen LogP) is 0.437. The number of allylic oxidation sites excluding steroid dienone is 1. The van der Waals surface area contributed by atoms with Crippen LogP contribution < -0.4 is 0 Å². The van der Waals surface area contributed by atoms with Gasteiger partial charge in [0.05, 0.1) is 0 Å². The average molecular weight is 219 g/mol. The van der Waals surface area contributed by atoms with E-state index in [2.05, 4.69) is 11.3 Å². The van der Waals surface area contributed by atoms with E-state index in [4.69, 9.17) is 5.11 Å². The molecule has 0 saturated carbocycles. The number of rotatable bonds is 5. The molecule has 0 spiro atoms. The Labute approximate surface area is 75.2 Å². The number of aliphatic hydroxyl groups excluding tert-OH is 1. The van der Waals surface area contributed by atoms with Crippen molar-refractivity contribution in [1.82, 2.24) is 0 Å². The first-order chi connectivity index (χ1) is 5.57. The monoisotopic (exact) mass is 219 g/mol. The fourth-order valence-electron chi connectivity index (χ4n) is 0.398. The van der Waals surface area contributed by atoms with E-state index >= 15 is 0 Å². The number of ether oxygens (including phenoxy) is 1. The van der Waals surface area contributed by atoms with Crippen LogP contribution in [0.4, 0.5) is 0 Å². The van der Waals surface area contributed by atoms with Crippen molar-refractivity contribution in [2.24, 2.45) is 0 Å². The van der Waals surface area contributed by atoms with E-state index in [1.54, 1.807) is 6.92 Å². The van der Waals surface area contributed by atoms with Gasteiger partial charge in [0.25, 0.3) is 0 Å². The van der Waals surface area contributed by atoms with Crippen LogP contribution in [0.1, 0.15) is 6.92 Å². The molecule has 0 rings (SSSR count). The molecule has 73 valence electrons. The molecule has 0 aliphatic carbocycles. The van der Waals surface area contributed by atoms with Crippen LogP contribution in [0.5, 0.6) is 0 Å². The van der Waals surface area contributed by atoms with E-state index in [9.17, 15) is 8.66 Å². The molecular formula is C7H12CoO4. The molecule has 0 unspecified atom stereocenters. The van der Waals surface area contributed by atoms with Gasteiger partial charge in [0, 0.05) is 0 Å². The third-order valence-electron chi connectivity index (χ3n) is 0.929. The molecule has 12 heavy (non-hydrogen) atoms. The summed E-state index contributed by atoms with van der Waals surface area (Å²) in [5, 5.41) is 8.52. The number of aliphatic hydroxyl groups is 1. The van der Waals surface area contributed by atoms with Gasteiger partial charge in [-0.05, 0) is 0 Å². The quantitative estimate of drug-likeness (QED) is 0.681. The minimum atomic E-state index is -1.46. The molecule has 0 aliphatic rings. The van der Waals surface area contributed by atoms with Gasteiger partial charge >= 0.3 is 74.6 Å². The summed E-state index contributed by atoms with van der Waals surface area (Å²) in [7, 11) is 0. The fourth-order valence-corrected chi connectivity index (χ4v) is 1.14. The summed E-state index contributed by atoms with van der Waals surface area (Å²) >= 11 is -1.46. The SMILES string of the molecule is C=[C](C)[Co](=[O])[CH2]COC(=O)CO. The van der Waals surface area contributed by atoms with Gasteiger partial charge in [-0.1, -0.05) is 0 Å². The molecule has 5 heteroatoms. The zero-order chi connectivity index (χ0) is 9.56. The Morgan fingerprint density at radius 1 is 1.67 bits per heavy atom. The van der Waals surface area contributed by atoms with Gasteiger partial charge in [-0.2, -0.15) is 0 Å². The van der Waals surface area contributed by atoms with Crippen LogP contribution in [0, 0.1) is 0 Å². The van der Waals surface area contributed by atoms with Gasteiger partial charge in [0.2, 0.25) is 0 Å². The van der Waals surface area contributed by atoms with Gasteiger partial charge in [-0.15, -0.1) is 0 Å². The first-order valence-electron chi connectivity index (χ1n) is 3.26. The van der Waals surface area contributed by atoms with Crippen molar-refractivity contribution in [2.75, 3.05) is 13.2 Å². The van der Waals surface area contributed by atoms with E-state index in [1.807, 2.05) is 0 Å². The average Bonchev–Trinajstić information content (AvgIpc) is 2.03. The molecule has 0 aromatic rings. The summed E-state index contributed by atoms with van der Waals surface area (Å²) < 4.78 is 16.1. The summed E-state index contributed by atoms with van der Waals surface area (Å²) in [6.07, 6.45) is 0. The molecule has 0 aromatic heterocycles. The Hall–Kier alpha value is -0.524. The topological polar surface area (TPSA) is 63.6 Å². The van der Waals surface area contributed by atoms with Crippen LogP contribution in [-0.4, -0.2) is 24.3 Å². The van der Waals surface area contributed by atoms with Crippen molar-refractivity contribution < 1.29 is 32.1 Å². The Balaban J connectivity index is 3.50. The standard InChI is InChI=1S/C4H7O3.C3H5.Co.O/c1-2-7-4(6)3-5;1-3-2;;/h5H,1-3H2;1H2,2H3;;. The molecule has 0 atom stereocenters. The van der Waals surface area contributed by atoms with E-state index in [-0.39, 0.29) is 12.0 Å². The maximum atomic E-state index is 11.0. The van der Waals surface area contributed by atoms with Crippen LogP contribution in [0.25, 0.3) is 0 Å². The van der Waals surface area contributed by atoms with Crippen molar-refractivity contribution in [2.45, 2.75) is 12.3 Å². The molecular weight excluding hydrogens is 207 g/mol. The number of esters is 1. The van der Waals surface area contributed by atoms with Crippen LogP contribution in [0.2, 0.25) is 5.36 Å². The first-order valence-corrected chi connectivity index (χ1v) is 4.94. The molecule has 1 N–H and O–H groups in total. The summed E-state index contributed by atoms with van der Waals surface area (Å²) in [5.41, 5.74) is 0. The Bertz CT molecular complexity index is 200. The zero-order valence-corrected chi connectivity index (χ0v) is 7.87. The second-order valence-corrected chi connectivity index (χ2v) is 4.26. The van der Waals surface area contributed by atoms with Crippen LogP contribution >= 0.6 is 0 Å². The number of carbonyl (C=O) groups excluding carboxylic acids is 1. The molecule has 0 amide bonds. The van der Waals surface area contributed by atoms with E-state index in [0.29, 0.717) is 4.51 Å². The minimum absolute atomic E-state index is 0.0699. The molecule has 0 aliphatic heterocycles. The first kappa shape index (κ1) is 11.5. The summed E-state index contributed by atoms with van der Waals surface area (Å²) in [5.74, 6) is -0.695. The number of hydrogen-bond donors (Lipinski definition) is 1. The van der Waals surface area contributed by atoms with Gasteiger partial charge in [0.15, 0.2) is 0 Å². The number of carbonyl (C=O) groups is 1. The second kappa shape index (κ2) is 6.04. The maximum absolute atomic E-state index is 11.0. The van der Waals surface area contributed by atoms with Crippen molar-refractivity contribution >= 4 is 5.97 Å². The van der Waals surface area contributed by atoms with E-state index < -0.39 is 26.2 Å². The van der Waals surface area contributed by atoms with E-state index in [0.717, 1.165) is 0 Å². The van der Waals surface area contributed by atoms with Crippen molar-refractivity contribution in [3.05, 3.63) is 11.1 Å². The molecule has 0 aromatic carbocycles. The molecule has 4 nitrogen and oxygen atoms in total. The Morgan fingerprint density at radius 2 is 2.25 bits per heavy atom. The molecule has 0 fully saturated rings. The van der Waals surface area contributed by atoms with Gasteiger partial charge in [-0.3, -0.25) is 0 Å². The van der Waals surface area contributed by atoms with Crippen molar-refractivity contribution in [3.8, 4) is 0 Å². The van der Waals surface area contributed by atoms with Crippen LogP contribution in [-0.2, 0) is 27.0 Å². The normalized spacial score (nSPS) is 10.7. The fraction of sp³-hybridized carbons (Fsp3) is 0.571. The van der Waals surface area contributed by atoms with Crippen molar-refractivity contribution in [1.29, 1.82) is 0 Å². The summed E-state index contributed by atoms with van der Waals surface area (Å²) in [6.45, 7) is 4.59. The third-order valence-corrected chi connectivity index (χ3v) is 2.61. The Morgan fingerprint density at radius 3 is 2.67 bits per heavy atom. The molecule has 0 radical (unpaired) electrons. The van der Waals surface area contributed by atoms with Gasteiger partial charge in [-0.25, -0.2) is 0 Å². The van der Waals surface area contributed by atoms with Gasteiger partial charge < -0.3 is 0 Å². The summed E-state index contributed by atoms with van der Waals surface area (Å²) in [4.78, 5) is 10.4. The summed E-state index contributed by atoms with van der Waals surface area (Å²) in [6, 6.07) is 0. The number of hydrogen-bond acceptors (Lipinski definition) is 4. The second-order valence-electron chi connectivity index (χ2n) is 1.97.